The van der Waals surface area contributed by atoms with Crippen LogP contribution >= 0.6 is 11.6 Å². The Labute approximate surface area is 111 Å². The van der Waals surface area contributed by atoms with E-state index in [4.69, 9.17) is 16.7 Å². The quantitative estimate of drug-likeness (QED) is 0.918. The van der Waals surface area contributed by atoms with Gasteiger partial charge in [0.2, 0.25) is 0 Å². The minimum absolute atomic E-state index is 0.0297. The van der Waals surface area contributed by atoms with Gasteiger partial charge in [-0.15, -0.1) is 0 Å². The average Bonchev–Trinajstić information content (AvgIpc) is 2.54. The number of aromatic nitrogens is 1. The van der Waals surface area contributed by atoms with Crippen molar-refractivity contribution >= 4 is 28.5 Å². The van der Waals surface area contributed by atoms with Crippen molar-refractivity contribution in [3.8, 4) is 0 Å². The van der Waals surface area contributed by atoms with E-state index >= 15 is 0 Å². The van der Waals surface area contributed by atoms with Crippen LogP contribution in [-0.2, 0) is 17.8 Å². The van der Waals surface area contributed by atoms with Gasteiger partial charge in [-0.05, 0) is 29.7 Å². The number of carboxylic acid groups (broad SMARTS) is 1. The summed E-state index contributed by atoms with van der Waals surface area (Å²) in [6.07, 6.45) is 1.96. The Morgan fingerprint density at radius 3 is 2.78 bits per heavy atom. The summed E-state index contributed by atoms with van der Waals surface area (Å²) in [6, 6.07) is 5.63. The lowest BCUT2D eigenvalue weighted by Gasteiger charge is -2.07. The molecule has 0 radical (unpaired) electrons. The van der Waals surface area contributed by atoms with Gasteiger partial charge < -0.3 is 9.67 Å². The maximum atomic E-state index is 10.9. The Morgan fingerprint density at radius 2 is 2.17 bits per heavy atom. The average molecular weight is 266 g/mol. The fourth-order valence-corrected chi connectivity index (χ4v) is 2.36. The van der Waals surface area contributed by atoms with Gasteiger partial charge in [-0.1, -0.05) is 25.4 Å². The summed E-state index contributed by atoms with van der Waals surface area (Å²) in [7, 11) is 0. The molecule has 0 saturated heterocycles. The van der Waals surface area contributed by atoms with Gasteiger partial charge in [0.15, 0.2) is 0 Å². The topological polar surface area (TPSA) is 42.2 Å². The number of carboxylic acids is 1. The lowest BCUT2D eigenvalue weighted by molar-refractivity contribution is -0.136. The molecular formula is C14H16ClNO2. The minimum Gasteiger partial charge on any atom is -0.481 e. The van der Waals surface area contributed by atoms with E-state index in [9.17, 15) is 4.79 Å². The van der Waals surface area contributed by atoms with Crippen molar-refractivity contribution in [2.24, 2.45) is 5.92 Å². The third-order valence-corrected chi connectivity index (χ3v) is 3.06. The van der Waals surface area contributed by atoms with Crippen LogP contribution in [0.1, 0.15) is 19.4 Å². The third-order valence-electron chi connectivity index (χ3n) is 2.83. The fraction of sp³-hybridized carbons (Fsp3) is 0.357. The number of hydrogen-bond donors (Lipinski definition) is 1. The van der Waals surface area contributed by atoms with Gasteiger partial charge in [0.25, 0.3) is 0 Å². The van der Waals surface area contributed by atoms with Gasteiger partial charge in [-0.3, -0.25) is 4.79 Å². The van der Waals surface area contributed by atoms with Crippen LogP contribution in [0, 0.1) is 5.92 Å². The first-order valence-corrected chi connectivity index (χ1v) is 6.34. The van der Waals surface area contributed by atoms with Crippen LogP contribution in [0.3, 0.4) is 0 Å². The molecule has 0 spiro atoms. The number of hydrogen-bond acceptors (Lipinski definition) is 1. The summed E-state index contributed by atoms with van der Waals surface area (Å²) in [6.45, 7) is 5.15. The summed E-state index contributed by atoms with van der Waals surface area (Å²) < 4.78 is 2.11. The Hall–Kier alpha value is -1.48. The van der Waals surface area contributed by atoms with Crippen LogP contribution in [0.25, 0.3) is 10.9 Å². The molecule has 0 bridgehead atoms. The van der Waals surface area contributed by atoms with Crippen molar-refractivity contribution in [2.45, 2.75) is 26.8 Å². The zero-order valence-electron chi connectivity index (χ0n) is 10.5. The van der Waals surface area contributed by atoms with Crippen LogP contribution < -0.4 is 0 Å². The molecule has 0 unspecified atom stereocenters. The van der Waals surface area contributed by atoms with Crippen molar-refractivity contribution in [2.75, 3.05) is 0 Å². The molecule has 0 aliphatic carbocycles. The largest absolute Gasteiger partial charge is 0.481 e. The summed E-state index contributed by atoms with van der Waals surface area (Å²) in [5.41, 5.74) is 1.87. The molecule has 18 heavy (non-hydrogen) atoms. The summed E-state index contributed by atoms with van der Waals surface area (Å²) in [5.74, 6) is -0.312. The number of fused-ring (bicyclic) bond motifs is 1. The molecule has 1 aromatic carbocycles. The number of nitrogens with zero attached hydrogens (tertiary/aromatic N) is 1. The van der Waals surface area contributed by atoms with E-state index in [1.165, 1.54) is 0 Å². The van der Waals surface area contributed by atoms with Crippen molar-refractivity contribution in [3.63, 3.8) is 0 Å². The van der Waals surface area contributed by atoms with Crippen molar-refractivity contribution in [3.05, 3.63) is 35.0 Å². The van der Waals surface area contributed by atoms with Gasteiger partial charge in [-0.25, -0.2) is 0 Å². The fourth-order valence-electron chi connectivity index (χ4n) is 2.19. The molecule has 2 rings (SSSR count). The number of rotatable bonds is 4. The summed E-state index contributed by atoms with van der Waals surface area (Å²) in [5, 5.41) is 10.5. The van der Waals surface area contributed by atoms with E-state index in [0.717, 1.165) is 23.0 Å². The number of halogens is 1. The third kappa shape index (κ3) is 2.67. The first kappa shape index (κ1) is 13.0. The van der Waals surface area contributed by atoms with E-state index in [0.29, 0.717) is 10.9 Å². The monoisotopic (exact) mass is 265 g/mol. The predicted molar refractivity (Wildman–Crippen MR) is 73.1 cm³/mol. The van der Waals surface area contributed by atoms with E-state index in [2.05, 4.69) is 18.4 Å². The normalized spacial score (nSPS) is 11.3. The van der Waals surface area contributed by atoms with Crippen LogP contribution in [0.5, 0.6) is 0 Å². The van der Waals surface area contributed by atoms with Gasteiger partial charge in [-0.2, -0.15) is 0 Å². The van der Waals surface area contributed by atoms with Crippen LogP contribution in [-0.4, -0.2) is 15.6 Å². The first-order valence-electron chi connectivity index (χ1n) is 5.96. The van der Waals surface area contributed by atoms with Crippen LogP contribution in [0.2, 0.25) is 5.02 Å². The second-order valence-corrected chi connectivity index (χ2v) is 5.37. The summed E-state index contributed by atoms with van der Waals surface area (Å²) >= 11 is 5.99. The summed E-state index contributed by atoms with van der Waals surface area (Å²) in [4.78, 5) is 10.9. The highest BCUT2D eigenvalue weighted by Gasteiger charge is 2.12. The molecule has 0 fully saturated rings. The second-order valence-electron chi connectivity index (χ2n) is 4.93. The molecule has 1 aromatic heterocycles. The Balaban J connectivity index is 2.55. The molecule has 0 aliphatic heterocycles. The Kier molecular flexibility index (Phi) is 3.62. The zero-order valence-corrected chi connectivity index (χ0v) is 11.2. The van der Waals surface area contributed by atoms with Crippen LogP contribution in [0.15, 0.2) is 24.4 Å². The smallest absolute Gasteiger partial charge is 0.307 e. The predicted octanol–water partition coefficient (Wildman–Crippen LogP) is 3.58. The van der Waals surface area contributed by atoms with E-state index in [1.807, 2.05) is 24.4 Å². The Morgan fingerprint density at radius 1 is 1.44 bits per heavy atom. The Bertz CT molecular complexity index is 587. The van der Waals surface area contributed by atoms with Gasteiger partial charge >= 0.3 is 5.97 Å². The first-order chi connectivity index (χ1) is 8.47. The van der Waals surface area contributed by atoms with Gasteiger partial charge in [0, 0.05) is 28.7 Å². The highest BCUT2D eigenvalue weighted by molar-refractivity contribution is 6.31. The molecule has 0 aliphatic rings. The van der Waals surface area contributed by atoms with E-state index < -0.39 is 5.97 Å². The SMILES string of the molecule is CC(C)Cn1cc(CC(=O)O)c2cc(Cl)ccc21. The molecule has 4 heteroatoms. The molecule has 0 amide bonds. The van der Waals surface area contributed by atoms with E-state index in [-0.39, 0.29) is 6.42 Å². The van der Waals surface area contributed by atoms with Gasteiger partial charge in [0.05, 0.1) is 6.42 Å². The number of aliphatic carboxylic acids is 1. The molecule has 0 atom stereocenters. The highest BCUT2D eigenvalue weighted by atomic mass is 35.5. The lowest BCUT2D eigenvalue weighted by Crippen LogP contribution is -2.03. The number of carbonyl (C=O) groups is 1. The zero-order chi connectivity index (χ0) is 13.3. The molecule has 0 saturated carbocycles. The van der Waals surface area contributed by atoms with Crippen molar-refractivity contribution < 1.29 is 9.90 Å². The molecule has 3 nitrogen and oxygen atoms in total. The van der Waals surface area contributed by atoms with Crippen LogP contribution in [0.4, 0.5) is 0 Å². The van der Waals surface area contributed by atoms with E-state index in [1.54, 1.807) is 0 Å². The lowest BCUT2D eigenvalue weighted by atomic mass is 10.1. The molecular weight excluding hydrogens is 250 g/mol. The highest BCUT2D eigenvalue weighted by Crippen LogP contribution is 2.26. The molecule has 96 valence electrons. The molecule has 2 aromatic rings. The molecule has 1 N–H and O–H groups in total. The second kappa shape index (κ2) is 5.02. The standard InChI is InChI=1S/C14H16ClNO2/c1-9(2)7-16-8-10(5-14(17)18)12-6-11(15)3-4-13(12)16/h3-4,6,8-9H,5,7H2,1-2H3,(H,17,18). The van der Waals surface area contributed by atoms with Crippen molar-refractivity contribution in [1.29, 1.82) is 0 Å². The van der Waals surface area contributed by atoms with Crippen molar-refractivity contribution in [1.82, 2.24) is 4.57 Å². The maximum absolute atomic E-state index is 10.9. The molecule has 1 heterocycles. The maximum Gasteiger partial charge on any atom is 0.307 e. The minimum atomic E-state index is -0.821. The van der Waals surface area contributed by atoms with Gasteiger partial charge in [0.1, 0.15) is 0 Å². The number of benzene rings is 1.